The molecule has 0 fully saturated rings. The summed E-state index contributed by atoms with van der Waals surface area (Å²) in [5.41, 5.74) is 5.03. The van der Waals surface area contributed by atoms with Crippen molar-refractivity contribution in [3.63, 3.8) is 0 Å². The molecule has 1 heterocycles. The molecule has 2 aromatic rings. The van der Waals surface area contributed by atoms with E-state index in [0.717, 1.165) is 6.07 Å². The number of aliphatic hydroxyl groups excluding tert-OH is 1. The number of hydrogen-bond acceptors (Lipinski definition) is 3. The molecule has 106 valence electrons. The minimum absolute atomic E-state index is 0.0302. The number of halogens is 2. The van der Waals surface area contributed by atoms with Crippen LogP contribution in [0.2, 0.25) is 5.02 Å². The fraction of sp³-hybridized carbons (Fsp3) is 0.231. The van der Waals surface area contributed by atoms with Gasteiger partial charge in [0.05, 0.1) is 17.3 Å². The quantitative estimate of drug-likeness (QED) is 0.782. The lowest BCUT2D eigenvalue weighted by atomic mass is 10.0. The van der Waals surface area contributed by atoms with Crippen LogP contribution in [-0.2, 0) is 17.6 Å². The molecule has 0 atom stereocenters. The molecule has 0 aliphatic rings. The third kappa shape index (κ3) is 2.66. The van der Waals surface area contributed by atoms with E-state index in [1.807, 2.05) is 0 Å². The van der Waals surface area contributed by atoms with Crippen LogP contribution in [0.5, 0.6) is 0 Å². The number of nitrogens with two attached hydrogens (primary N) is 1. The first-order valence-electron chi connectivity index (χ1n) is 5.86. The molecule has 4 N–H and O–H groups in total. The zero-order chi connectivity index (χ0) is 14.9. The van der Waals surface area contributed by atoms with Gasteiger partial charge in [-0.1, -0.05) is 11.6 Å². The summed E-state index contributed by atoms with van der Waals surface area (Å²) in [7, 11) is 0. The zero-order valence-electron chi connectivity index (χ0n) is 10.4. The Morgan fingerprint density at radius 3 is 2.75 bits per heavy atom. The first-order chi connectivity index (χ1) is 9.43. The van der Waals surface area contributed by atoms with E-state index < -0.39 is 17.2 Å². The van der Waals surface area contributed by atoms with Crippen molar-refractivity contribution in [1.29, 1.82) is 0 Å². The summed E-state index contributed by atoms with van der Waals surface area (Å²) in [6.07, 6.45) is -0.190. The summed E-state index contributed by atoms with van der Waals surface area (Å²) < 4.78 is 13.8. The van der Waals surface area contributed by atoms with Gasteiger partial charge in [-0.25, -0.2) is 4.39 Å². The minimum atomic E-state index is -0.689. The standard InChI is InChI=1S/C13H12ClFN2O3/c14-6-3-8-12(9(15)4-6)17-10(5-11(16)19)7(1-2-18)13(8)20/h3-4,18H,1-2,5H2,(H2,16,19)(H,17,20). The topological polar surface area (TPSA) is 96.2 Å². The molecule has 0 saturated carbocycles. The van der Waals surface area contributed by atoms with Crippen LogP contribution in [0.15, 0.2) is 16.9 Å². The fourth-order valence-corrected chi connectivity index (χ4v) is 2.31. The number of nitrogens with one attached hydrogen (secondary N) is 1. The molecule has 20 heavy (non-hydrogen) atoms. The van der Waals surface area contributed by atoms with Crippen molar-refractivity contribution >= 4 is 28.4 Å². The predicted molar refractivity (Wildman–Crippen MR) is 73.2 cm³/mol. The van der Waals surface area contributed by atoms with E-state index in [9.17, 15) is 14.0 Å². The number of amides is 1. The average molecular weight is 299 g/mol. The molecule has 7 heteroatoms. The van der Waals surface area contributed by atoms with Gasteiger partial charge in [-0.15, -0.1) is 0 Å². The fourth-order valence-electron chi connectivity index (χ4n) is 2.11. The van der Waals surface area contributed by atoms with Crippen LogP contribution in [0.1, 0.15) is 11.3 Å². The summed E-state index contributed by atoms with van der Waals surface area (Å²) >= 11 is 5.73. The number of aromatic nitrogens is 1. The van der Waals surface area contributed by atoms with Crippen LogP contribution < -0.4 is 11.2 Å². The number of fused-ring (bicyclic) bond motifs is 1. The highest BCUT2D eigenvalue weighted by Gasteiger charge is 2.16. The minimum Gasteiger partial charge on any atom is -0.396 e. The Bertz CT molecular complexity index is 742. The van der Waals surface area contributed by atoms with Gasteiger partial charge in [0.15, 0.2) is 5.43 Å². The number of pyridine rings is 1. The van der Waals surface area contributed by atoms with Crippen molar-refractivity contribution in [2.45, 2.75) is 12.8 Å². The molecule has 1 amide bonds. The number of hydrogen-bond donors (Lipinski definition) is 3. The molecule has 0 aliphatic heterocycles. The third-order valence-corrected chi connectivity index (χ3v) is 3.14. The average Bonchev–Trinajstić information content (AvgIpc) is 2.35. The molecule has 0 saturated heterocycles. The molecular formula is C13H12ClFN2O3. The largest absolute Gasteiger partial charge is 0.396 e. The van der Waals surface area contributed by atoms with Gasteiger partial charge in [0, 0.05) is 29.3 Å². The molecule has 1 aromatic carbocycles. The number of rotatable bonds is 4. The van der Waals surface area contributed by atoms with Crippen LogP contribution in [0.4, 0.5) is 4.39 Å². The molecule has 0 unspecified atom stereocenters. The van der Waals surface area contributed by atoms with Crippen LogP contribution in [0, 0.1) is 5.82 Å². The predicted octanol–water partition coefficient (Wildman–Crippen LogP) is 0.883. The Hall–Kier alpha value is -1.92. The Balaban J connectivity index is 2.81. The molecule has 2 rings (SSSR count). The SMILES string of the molecule is NC(=O)Cc1[nH]c2c(F)cc(Cl)cc2c(=O)c1CCO. The summed E-state index contributed by atoms with van der Waals surface area (Å²) in [5.74, 6) is -1.35. The van der Waals surface area contributed by atoms with Gasteiger partial charge in [0.1, 0.15) is 5.82 Å². The highest BCUT2D eigenvalue weighted by atomic mass is 35.5. The highest BCUT2D eigenvalue weighted by Crippen LogP contribution is 2.21. The lowest BCUT2D eigenvalue weighted by Gasteiger charge is -2.10. The first kappa shape index (κ1) is 14.5. The van der Waals surface area contributed by atoms with E-state index in [1.54, 1.807) is 0 Å². The molecule has 0 spiro atoms. The first-order valence-corrected chi connectivity index (χ1v) is 6.23. The number of aliphatic hydroxyl groups is 1. The lowest BCUT2D eigenvalue weighted by Crippen LogP contribution is -2.22. The summed E-state index contributed by atoms with van der Waals surface area (Å²) in [6, 6.07) is 2.41. The van der Waals surface area contributed by atoms with E-state index in [-0.39, 0.29) is 46.6 Å². The van der Waals surface area contributed by atoms with Gasteiger partial charge in [0.2, 0.25) is 5.91 Å². The number of carbonyl (C=O) groups is 1. The summed E-state index contributed by atoms with van der Waals surface area (Å²) in [4.78, 5) is 26.1. The number of primary amides is 1. The van der Waals surface area contributed by atoms with Crippen LogP contribution >= 0.6 is 11.6 Å². The van der Waals surface area contributed by atoms with E-state index >= 15 is 0 Å². The van der Waals surface area contributed by atoms with Crippen LogP contribution in [0.25, 0.3) is 10.9 Å². The maximum absolute atomic E-state index is 13.8. The van der Waals surface area contributed by atoms with Crippen LogP contribution in [-0.4, -0.2) is 22.6 Å². The molecule has 1 aromatic heterocycles. The van der Waals surface area contributed by atoms with E-state index in [4.69, 9.17) is 22.4 Å². The summed E-state index contributed by atoms with van der Waals surface area (Å²) in [5, 5.41) is 9.19. The normalized spacial score (nSPS) is 10.9. The van der Waals surface area contributed by atoms with Gasteiger partial charge in [-0.2, -0.15) is 0 Å². The smallest absolute Gasteiger partial charge is 0.223 e. The number of H-pyrrole nitrogens is 1. The molecule has 0 radical (unpaired) electrons. The van der Waals surface area contributed by atoms with Crippen molar-refractivity contribution in [1.82, 2.24) is 4.98 Å². The van der Waals surface area contributed by atoms with Gasteiger partial charge >= 0.3 is 0 Å². The van der Waals surface area contributed by atoms with Gasteiger partial charge in [-0.3, -0.25) is 9.59 Å². The zero-order valence-corrected chi connectivity index (χ0v) is 11.1. The lowest BCUT2D eigenvalue weighted by molar-refractivity contribution is -0.117. The van der Waals surface area contributed by atoms with Gasteiger partial charge in [-0.05, 0) is 12.1 Å². The Labute approximate surface area is 118 Å². The maximum atomic E-state index is 13.8. The molecule has 0 bridgehead atoms. The second-order valence-corrected chi connectivity index (χ2v) is 4.77. The third-order valence-electron chi connectivity index (χ3n) is 2.93. The Morgan fingerprint density at radius 1 is 1.45 bits per heavy atom. The number of aromatic amines is 1. The van der Waals surface area contributed by atoms with E-state index in [2.05, 4.69) is 4.98 Å². The second kappa shape index (κ2) is 5.60. The molecule has 0 aliphatic carbocycles. The summed E-state index contributed by atoms with van der Waals surface area (Å²) in [6.45, 7) is -0.274. The van der Waals surface area contributed by atoms with Crippen molar-refractivity contribution in [2.24, 2.45) is 5.73 Å². The second-order valence-electron chi connectivity index (χ2n) is 4.34. The Kier molecular flexibility index (Phi) is 4.06. The van der Waals surface area contributed by atoms with Gasteiger partial charge in [0.25, 0.3) is 0 Å². The van der Waals surface area contributed by atoms with Gasteiger partial charge < -0.3 is 15.8 Å². The van der Waals surface area contributed by atoms with Crippen molar-refractivity contribution in [2.75, 3.05) is 6.61 Å². The number of carbonyl (C=O) groups excluding carboxylic acids is 1. The van der Waals surface area contributed by atoms with E-state index in [0.29, 0.717) is 0 Å². The van der Waals surface area contributed by atoms with Crippen molar-refractivity contribution < 1.29 is 14.3 Å². The monoisotopic (exact) mass is 298 g/mol. The maximum Gasteiger partial charge on any atom is 0.223 e. The molecule has 5 nitrogen and oxygen atoms in total. The van der Waals surface area contributed by atoms with Crippen molar-refractivity contribution in [3.8, 4) is 0 Å². The van der Waals surface area contributed by atoms with Crippen LogP contribution in [0.3, 0.4) is 0 Å². The molecular weight excluding hydrogens is 287 g/mol. The number of benzene rings is 1. The Morgan fingerprint density at radius 2 is 2.15 bits per heavy atom. The highest BCUT2D eigenvalue weighted by molar-refractivity contribution is 6.31. The van der Waals surface area contributed by atoms with E-state index in [1.165, 1.54) is 6.07 Å². The van der Waals surface area contributed by atoms with Crippen molar-refractivity contribution in [3.05, 3.63) is 44.5 Å².